The van der Waals surface area contributed by atoms with E-state index in [-0.39, 0.29) is 6.07 Å². The minimum absolute atomic E-state index is 0.0223. The number of amides is 1. The van der Waals surface area contributed by atoms with E-state index >= 15 is 0 Å². The van der Waals surface area contributed by atoms with Crippen LogP contribution in [0.15, 0.2) is 18.2 Å². The molecule has 0 heterocycles. The number of nitrogens with two attached hydrogens (primary N) is 1. The fourth-order valence-electron chi connectivity index (χ4n) is 1.74. The average Bonchev–Trinajstić information content (AvgIpc) is 2.34. The Bertz CT molecular complexity index is 523. The molecule has 0 fully saturated rings. The molecule has 4 N–H and O–H groups in total. The van der Waals surface area contributed by atoms with E-state index in [1.165, 1.54) is 6.92 Å². The van der Waals surface area contributed by atoms with Gasteiger partial charge in [0.2, 0.25) is 0 Å². The summed E-state index contributed by atoms with van der Waals surface area (Å²) >= 11 is 0. The van der Waals surface area contributed by atoms with Gasteiger partial charge in [-0.15, -0.1) is 0 Å². The van der Waals surface area contributed by atoms with Gasteiger partial charge in [0.25, 0.3) is 0 Å². The number of hydrogen-bond donors (Lipinski definition) is 3. The summed E-state index contributed by atoms with van der Waals surface area (Å²) in [5, 5.41) is 10.4. The molecule has 10 heteroatoms. The van der Waals surface area contributed by atoms with Crippen LogP contribution in [0.2, 0.25) is 0 Å². The van der Waals surface area contributed by atoms with Gasteiger partial charge in [-0.3, -0.25) is 0 Å². The van der Waals surface area contributed by atoms with Crippen molar-refractivity contribution in [2.24, 2.45) is 5.73 Å². The summed E-state index contributed by atoms with van der Waals surface area (Å²) < 4.78 is 76.2. The Morgan fingerprint density at radius 3 is 1.82 bits per heavy atom. The number of alkyl halides is 6. The van der Waals surface area contributed by atoms with Crippen molar-refractivity contribution in [3.8, 4) is 0 Å². The summed E-state index contributed by atoms with van der Waals surface area (Å²) in [6.45, 7) is 1.23. The monoisotopic (exact) mass is 330 g/mol. The highest BCUT2D eigenvalue weighted by Gasteiger charge is 2.37. The fraction of sp³-hybridized carbons (Fsp3) is 0.417. The minimum atomic E-state index is -4.99. The molecule has 0 aliphatic rings. The normalized spacial score (nSPS) is 15.3. The van der Waals surface area contributed by atoms with Gasteiger partial charge in [-0.2, -0.15) is 26.3 Å². The van der Waals surface area contributed by atoms with E-state index in [0.29, 0.717) is 12.1 Å². The molecule has 0 bridgehead atoms. The maximum atomic E-state index is 12.7. The van der Waals surface area contributed by atoms with E-state index in [1.54, 1.807) is 0 Å². The number of carboxylic acid groups (broad SMARTS) is 1. The Balaban J connectivity index is 3.32. The van der Waals surface area contributed by atoms with Gasteiger partial charge in [0.1, 0.15) is 0 Å². The second kappa shape index (κ2) is 6.03. The van der Waals surface area contributed by atoms with Gasteiger partial charge in [-0.1, -0.05) is 0 Å². The van der Waals surface area contributed by atoms with Crippen molar-refractivity contribution in [2.45, 2.75) is 31.4 Å². The number of hydrogen-bond acceptors (Lipinski definition) is 2. The molecule has 0 radical (unpaired) electrons. The molecule has 1 rings (SSSR count). The second-order valence-electron chi connectivity index (χ2n) is 4.60. The molecule has 0 saturated carbocycles. The maximum Gasteiger partial charge on any atom is 0.416 e. The Kier molecular flexibility index (Phi) is 4.96. The number of nitrogens with one attached hydrogen (secondary N) is 1. The van der Waals surface area contributed by atoms with Gasteiger partial charge in [-0.25, -0.2) is 4.79 Å². The van der Waals surface area contributed by atoms with Crippen LogP contribution in [0, 0.1) is 0 Å². The highest BCUT2D eigenvalue weighted by Crippen LogP contribution is 2.37. The molecule has 0 aliphatic carbocycles. The van der Waals surface area contributed by atoms with Crippen molar-refractivity contribution >= 4 is 6.09 Å². The lowest BCUT2D eigenvalue weighted by atomic mass is 9.96. The van der Waals surface area contributed by atoms with Crippen LogP contribution in [0.4, 0.5) is 31.1 Å². The number of halogens is 6. The van der Waals surface area contributed by atoms with Crippen molar-refractivity contribution in [3.63, 3.8) is 0 Å². The first-order valence-electron chi connectivity index (χ1n) is 5.87. The molecule has 0 spiro atoms. The van der Waals surface area contributed by atoms with Gasteiger partial charge >= 0.3 is 18.4 Å². The summed E-state index contributed by atoms with van der Waals surface area (Å²) in [5.41, 5.74) is 2.07. The molecule has 1 amide bonds. The summed E-state index contributed by atoms with van der Waals surface area (Å²) in [5.74, 6) is 0. The van der Waals surface area contributed by atoms with Crippen molar-refractivity contribution in [1.82, 2.24) is 5.32 Å². The molecule has 2 atom stereocenters. The summed E-state index contributed by atoms with van der Waals surface area (Å²) in [4.78, 5) is 10.5. The molecule has 1 aromatic carbocycles. The quantitative estimate of drug-likeness (QED) is 0.744. The van der Waals surface area contributed by atoms with E-state index in [1.807, 2.05) is 5.32 Å². The average molecular weight is 330 g/mol. The van der Waals surface area contributed by atoms with E-state index in [4.69, 9.17) is 10.8 Å². The zero-order valence-corrected chi connectivity index (χ0v) is 11.1. The third-order valence-corrected chi connectivity index (χ3v) is 2.88. The molecule has 0 unspecified atom stereocenters. The van der Waals surface area contributed by atoms with Crippen LogP contribution >= 0.6 is 0 Å². The predicted molar refractivity (Wildman–Crippen MR) is 64.0 cm³/mol. The van der Waals surface area contributed by atoms with Gasteiger partial charge < -0.3 is 16.2 Å². The lowest BCUT2D eigenvalue weighted by Crippen LogP contribution is -2.39. The van der Waals surface area contributed by atoms with Gasteiger partial charge in [0.15, 0.2) is 0 Å². The molecule has 0 saturated heterocycles. The Labute approximate surface area is 120 Å². The molecule has 124 valence electrons. The Morgan fingerprint density at radius 2 is 1.50 bits per heavy atom. The third kappa shape index (κ3) is 4.52. The number of carbonyl (C=O) groups is 1. The predicted octanol–water partition coefficient (Wildman–Crippen LogP) is 3.38. The van der Waals surface area contributed by atoms with Gasteiger partial charge in [-0.05, 0) is 30.7 Å². The summed E-state index contributed by atoms with van der Waals surface area (Å²) in [6, 6.07) is -1.53. The van der Waals surface area contributed by atoms with Crippen molar-refractivity contribution in [3.05, 3.63) is 34.9 Å². The van der Waals surface area contributed by atoms with Crippen LogP contribution < -0.4 is 11.1 Å². The van der Waals surface area contributed by atoms with E-state index in [2.05, 4.69) is 0 Å². The van der Waals surface area contributed by atoms with Crippen LogP contribution in [0.25, 0.3) is 0 Å². The number of rotatable bonds is 3. The van der Waals surface area contributed by atoms with E-state index in [9.17, 15) is 31.1 Å². The van der Waals surface area contributed by atoms with Crippen LogP contribution in [0.3, 0.4) is 0 Å². The summed E-state index contributed by atoms with van der Waals surface area (Å²) in [7, 11) is 0. The molecular formula is C12H12F6N2O2. The maximum absolute atomic E-state index is 12.7. The lowest BCUT2D eigenvalue weighted by Gasteiger charge is -2.22. The van der Waals surface area contributed by atoms with Gasteiger partial charge in [0, 0.05) is 12.1 Å². The summed E-state index contributed by atoms with van der Waals surface area (Å²) in [6.07, 6.45) is -11.5. The highest BCUT2D eigenvalue weighted by atomic mass is 19.4. The van der Waals surface area contributed by atoms with Crippen molar-refractivity contribution in [1.29, 1.82) is 0 Å². The topological polar surface area (TPSA) is 75.3 Å². The fourth-order valence-corrected chi connectivity index (χ4v) is 1.74. The smallest absolute Gasteiger partial charge is 0.416 e. The van der Waals surface area contributed by atoms with Gasteiger partial charge in [0.05, 0.1) is 11.1 Å². The van der Waals surface area contributed by atoms with E-state index in [0.717, 1.165) is 0 Å². The first-order valence-corrected chi connectivity index (χ1v) is 5.87. The molecule has 1 aromatic rings. The largest absolute Gasteiger partial charge is 0.465 e. The molecule has 22 heavy (non-hydrogen) atoms. The first kappa shape index (κ1) is 18.1. The number of benzene rings is 1. The molecule has 0 aliphatic heterocycles. The Morgan fingerprint density at radius 1 is 1.09 bits per heavy atom. The van der Waals surface area contributed by atoms with E-state index < -0.39 is 47.2 Å². The van der Waals surface area contributed by atoms with Crippen molar-refractivity contribution in [2.75, 3.05) is 0 Å². The zero-order chi connectivity index (χ0) is 17.3. The third-order valence-electron chi connectivity index (χ3n) is 2.88. The standard InChI is InChI=1S/C12H12F6N2O2/c1-5(20-10(21)22)9(19)6-2-7(11(13,14)15)4-8(3-6)12(16,17)18/h2-5,9,20H,19H2,1H3,(H,21,22)/t5-,9+/m0/s1. The Hall–Kier alpha value is -1.97. The first-order chi connectivity index (χ1) is 9.82. The molecule has 0 aromatic heterocycles. The van der Waals surface area contributed by atoms with Crippen LogP contribution in [0.5, 0.6) is 0 Å². The second-order valence-corrected chi connectivity index (χ2v) is 4.60. The molecule has 4 nitrogen and oxygen atoms in total. The van der Waals surface area contributed by atoms with Crippen LogP contribution in [-0.2, 0) is 12.4 Å². The van der Waals surface area contributed by atoms with Crippen LogP contribution in [0.1, 0.15) is 29.7 Å². The van der Waals surface area contributed by atoms with Crippen LogP contribution in [-0.4, -0.2) is 17.2 Å². The SMILES string of the molecule is C[C@H](NC(=O)O)[C@@H](N)c1cc(C(F)(F)F)cc(C(F)(F)F)c1. The highest BCUT2D eigenvalue weighted by molar-refractivity contribution is 5.65. The molecular weight excluding hydrogens is 318 g/mol. The zero-order valence-electron chi connectivity index (χ0n) is 11.1. The lowest BCUT2D eigenvalue weighted by molar-refractivity contribution is -0.143. The minimum Gasteiger partial charge on any atom is -0.465 e. The van der Waals surface area contributed by atoms with Crippen molar-refractivity contribution < 1.29 is 36.2 Å².